The quantitative estimate of drug-likeness (QED) is 0.566. The average Bonchev–Trinajstić information content (AvgIpc) is 3.06. The Labute approximate surface area is 114 Å². The van der Waals surface area contributed by atoms with E-state index in [0.29, 0.717) is 11.8 Å². The van der Waals surface area contributed by atoms with Gasteiger partial charge in [-0.25, -0.2) is 4.79 Å². The number of rotatable bonds is 2. The van der Waals surface area contributed by atoms with Gasteiger partial charge in [-0.3, -0.25) is 0 Å². The summed E-state index contributed by atoms with van der Waals surface area (Å²) in [7, 11) is 0. The Kier molecular flexibility index (Phi) is 2.01. The zero-order valence-electron chi connectivity index (χ0n) is 11.5. The van der Waals surface area contributed by atoms with Crippen molar-refractivity contribution in [2.75, 3.05) is 0 Å². The molecule has 0 radical (unpaired) electrons. The molecule has 4 bridgehead atoms. The summed E-state index contributed by atoms with van der Waals surface area (Å²) in [6, 6.07) is 0. The van der Waals surface area contributed by atoms with Crippen LogP contribution in [0.1, 0.15) is 39.0 Å². The third-order valence-electron chi connectivity index (χ3n) is 7.09. The lowest BCUT2D eigenvalue weighted by molar-refractivity contribution is -0.00582. The maximum absolute atomic E-state index is 11.4. The van der Waals surface area contributed by atoms with E-state index in [1.807, 2.05) is 0 Å². The molecule has 0 spiro atoms. The molecule has 1 heterocycles. The Bertz CT molecular complexity index is 434. The summed E-state index contributed by atoms with van der Waals surface area (Å²) in [6.07, 6.45) is 6.74. The van der Waals surface area contributed by atoms with Gasteiger partial charge in [0.25, 0.3) is 0 Å². The van der Waals surface area contributed by atoms with E-state index >= 15 is 0 Å². The number of ether oxygens (including phenoxy) is 2. The molecule has 0 N–H and O–H groups in total. The fourth-order valence-corrected chi connectivity index (χ4v) is 6.91. The Balaban J connectivity index is 1.46. The largest absolute Gasteiger partial charge is 0.509 e. The fourth-order valence-electron chi connectivity index (χ4n) is 6.91. The van der Waals surface area contributed by atoms with Crippen LogP contribution in [-0.2, 0) is 9.47 Å². The van der Waals surface area contributed by atoms with Crippen molar-refractivity contribution in [2.24, 2.45) is 41.4 Å². The van der Waals surface area contributed by atoms with Gasteiger partial charge in [-0.15, -0.1) is 0 Å². The van der Waals surface area contributed by atoms with E-state index in [0.717, 1.165) is 29.6 Å². The van der Waals surface area contributed by atoms with Gasteiger partial charge in [0.05, 0.1) is 0 Å². The summed E-state index contributed by atoms with van der Waals surface area (Å²) in [5.41, 5.74) is 0. The molecule has 3 heteroatoms. The van der Waals surface area contributed by atoms with Crippen LogP contribution < -0.4 is 0 Å². The van der Waals surface area contributed by atoms with Crippen LogP contribution in [0.15, 0.2) is 0 Å². The van der Waals surface area contributed by atoms with Gasteiger partial charge in [0.15, 0.2) is 0 Å². The molecule has 0 aromatic carbocycles. The molecular formula is C16H22O3. The monoisotopic (exact) mass is 262 g/mol. The van der Waals surface area contributed by atoms with E-state index in [1.54, 1.807) is 0 Å². The highest BCUT2D eigenvalue weighted by molar-refractivity contribution is 5.63. The van der Waals surface area contributed by atoms with Crippen molar-refractivity contribution < 1.29 is 14.3 Å². The zero-order chi connectivity index (χ0) is 12.7. The number of carbonyl (C=O) groups excluding carboxylic acids is 1. The van der Waals surface area contributed by atoms with E-state index in [9.17, 15) is 4.79 Å². The molecule has 5 fully saturated rings. The highest BCUT2D eigenvalue weighted by Crippen LogP contribution is 2.70. The zero-order valence-corrected chi connectivity index (χ0v) is 11.5. The lowest BCUT2D eigenvalue weighted by Crippen LogP contribution is -2.44. The first-order valence-corrected chi connectivity index (χ1v) is 8.15. The maximum atomic E-state index is 11.4. The van der Waals surface area contributed by atoms with Gasteiger partial charge in [0, 0.05) is 11.8 Å². The topological polar surface area (TPSA) is 35.5 Å². The predicted molar refractivity (Wildman–Crippen MR) is 68.3 cm³/mol. The highest BCUT2D eigenvalue weighted by Gasteiger charge is 2.70. The summed E-state index contributed by atoms with van der Waals surface area (Å²) < 4.78 is 10.9. The summed E-state index contributed by atoms with van der Waals surface area (Å²) in [6.45, 7) is 2.31. The summed E-state index contributed by atoms with van der Waals surface area (Å²) in [5.74, 6) is 5.80. The van der Waals surface area contributed by atoms with Gasteiger partial charge < -0.3 is 9.47 Å². The standard InChI is InChI=1S/C16H22O3/c1-2-3-7-4-8-5-9(7)13-11-6-10(12(8)13)14-15(11)19-16(17)18-14/h7-15H,2-6H2,1H3. The minimum absolute atomic E-state index is 0.111. The fraction of sp³-hybridized carbons (Fsp3) is 0.938. The molecule has 1 aliphatic heterocycles. The predicted octanol–water partition coefficient (Wildman–Crippen LogP) is 3.23. The van der Waals surface area contributed by atoms with Crippen LogP contribution >= 0.6 is 0 Å². The van der Waals surface area contributed by atoms with Gasteiger partial charge in [0.2, 0.25) is 0 Å². The molecule has 1 saturated heterocycles. The smallest absolute Gasteiger partial charge is 0.427 e. The summed E-state index contributed by atoms with van der Waals surface area (Å²) >= 11 is 0. The normalized spacial score (nSPS) is 60.1. The van der Waals surface area contributed by atoms with Crippen LogP contribution in [-0.4, -0.2) is 18.4 Å². The second-order valence-electron chi connectivity index (χ2n) is 7.58. The third-order valence-corrected chi connectivity index (χ3v) is 7.09. The Morgan fingerprint density at radius 1 is 1.00 bits per heavy atom. The molecule has 19 heavy (non-hydrogen) atoms. The van der Waals surface area contributed by atoms with Gasteiger partial charge in [-0.1, -0.05) is 19.8 Å². The lowest BCUT2D eigenvalue weighted by atomic mass is 9.65. The van der Waals surface area contributed by atoms with Crippen molar-refractivity contribution in [3.8, 4) is 0 Å². The number of carbonyl (C=O) groups is 1. The lowest BCUT2D eigenvalue weighted by Gasteiger charge is -2.41. The number of hydrogen-bond acceptors (Lipinski definition) is 3. The SMILES string of the molecule is CCCC1CC2CC1C1C3CC(C4OC(=O)OC34)C21. The maximum Gasteiger partial charge on any atom is 0.509 e. The molecule has 0 aromatic rings. The van der Waals surface area contributed by atoms with Crippen LogP contribution in [0.2, 0.25) is 0 Å². The molecule has 5 aliphatic rings. The van der Waals surface area contributed by atoms with Crippen molar-refractivity contribution in [2.45, 2.75) is 51.2 Å². The van der Waals surface area contributed by atoms with Crippen LogP contribution in [0, 0.1) is 41.4 Å². The summed E-state index contributed by atoms with van der Waals surface area (Å²) in [5, 5.41) is 0. The highest BCUT2D eigenvalue weighted by atomic mass is 16.8. The molecule has 104 valence electrons. The van der Waals surface area contributed by atoms with Gasteiger partial charge >= 0.3 is 6.16 Å². The van der Waals surface area contributed by atoms with E-state index in [1.165, 1.54) is 32.1 Å². The van der Waals surface area contributed by atoms with Crippen molar-refractivity contribution in [1.82, 2.24) is 0 Å². The minimum Gasteiger partial charge on any atom is -0.427 e. The van der Waals surface area contributed by atoms with Crippen LogP contribution in [0.3, 0.4) is 0 Å². The van der Waals surface area contributed by atoms with Crippen LogP contribution in [0.5, 0.6) is 0 Å². The molecule has 0 aromatic heterocycles. The van der Waals surface area contributed by atoms with E-state index in [4.69, 9.17) is 9.47 Å². The molecule has 5 rings (SSSR count). The van der Waals surface area contributed by atoms with E-state index < -0.39 is 6.16 Å². The Morgan fingerprint density at radius 3 is 2.47 bits per heavy atom. The van der Waals surface area contributed by atoms with E-state index in [2.05, 4.69) is 6.92 Å². The third kappa shape index (κ3) is 1.19. The van der Waals surface area contributed by atoms with Crippen molar-refractivity contribution in [3.63, 3.8) is 0 Å². The van der Waals surface area contributed by atoms with E-state index in [-0.39, 0.29) is 12.2 Å². The molecule has 3 nitrogen and oxygen atoms in total. The molecule has 9 atom stereocenters. The second kappa shape index (κ2) is 3.48. The number of hydrogen-bond donors (Lipinski definition) is 0. The second-order valence-corrected chi connectivity index (χ2v) is 7.58. The number of fused-ring (bicyclic) bond motifs is 12. The first-order valence-electron chi connectivity index (χ1n) is 8.15. The van der Waals surface area contributed by atoms with Gasteiger partial charge in [-0.2, -0.15) is 0 Å². The molecular weight excluding hydrogens is 240 g/mol. The van der Waals surface area contributed by atoms with Crippen molar-refractivity contribution >= 4 is 6.16 Å². The minimum atomic E-state index is -0.401. The van der Waals surface area contributed by atoms with Gasteiger partial charge in [-0.05, 0) is 48.9 Å². The molecule has 9 unspecified atom stereocenters. The first-order chi connectivity index (χ1) is 9.28. The van der Waals surface area contributed by atoms with Crippen molar-refractivity contribution in [3.05, 3.63) is 0 Å². The Hall–Kier alpha value is -0.730. The average molecular weight is 262 g/mol. The Morgan fingerprint density at radius 2 is 1.74 bits per heavy atom. The molecule has 0 amide bonds. The first kappa shape index (κ1) is 11.0. The van der Waals surface area contributed by atoms with Crippen LogP contribution in [0.4, 0.5) is 4.79 Å². The summed E-state index contributed by atoms with van der Waals surface area (Å²) in [4.78, 5) is 11.4. The molecule has 4 saturated carbocycles. The van der Waals surface area contributed by atoms with Crippen molar-refractivity contribution in [1.29, 1.82) is 0 Å². The van der Waals surface area contributed by atoms with Crippen LogP contribution in [0.25, 0.3) is 0 Å². The van der Waals surface area contributed by atoms with Gasteiger partial charge in [0.1, 0.15) is 12.2 Å². The molecule has 4 aliphatic carbocycles.